The first-order valence-corrected chi connectivity index (χ1v) is 6.42. The predicted octanol–water partition coefficient (Wildman–Crippen LogP) is 2.86. The monoisotopic (exact) mass is 234 g/mol. The fourth-order valence-electron chi connectivity index (χ4n) is 2.73. The van der Waals surface area contributed by atoms with Crippen molar-refractivity contribution in [1.82, 2.24) is 0 Å². The van der Waals surface area contributed by atoms with Crippen LogP contribution < -0.4 is 0 Å². The summed E-state index contributed by atoms with van der Waals surface area (Å²) in [6.45, 7) is 2.08. The molecule has 17 heavy (non-hydrogen) atoms. The van der Waals surface area contributed by atoms with Crippen LogP contribution >= 0.6 is 0 Å². The molecule has 0 saturated heterocycles. The molecule has 1 aromatic rings. The zero-order chi connectivity index (χ0) is 12.3. The molecule has 2 atom stereocenters. The lowest BCUT2D eigenvalue weighted by Crippen LogP contribution is -2.40. The van der Waals surface area contributed by atoms with Gasteiger partial charge in [-0.2, -0.15) is 0 Å². The van der Waals surface area contributed by atoms with E-state index in [-0.39, 0.29) is 6.10 Å². The first-order valence-electron chi connectivity index (χ1n) is 6.42. The Hall–Kier alpha value is -0.860. The highest BCUT2D eigenvalue weighted by Crippen LogP contribution is 2.32. The molecule has 1 aliphatic rings. The van der Waals surface area contributed by atoms with Gasteiger partial charge in [0.25, 0.3) is 0 Å². The van der Waals surface area contributed by atoms with Crippen LogP contribution in [0.15, 0.2) is 24.3 Å². The molecule has 1 aromatic carbocycles. The van der Waals surface area contributed by atoms with Gasteiger partial charge in [0.1, 0.15) is 0 Å². The minimum absolute atomic E-state index is 0.221. The van der Waals surface area contributed by atoms with Crippen LogP contribution in [0.1, 0.15) is 36.8 Å². The molecule has 0 aromatic heterocycles. The second kappa shape index (κ2) is 5.19. The maximum Gasteiger partial charge on any atom is 0.0712 e. The molecule has 2 heteroatoms. The Morgan fingerprint density at radius 2 is 2.06 bits per heavy atom. The van der Waals surface area contributed by atoms with Gasteiger partial charge in [0, 0.05) is 20.0 Å². The molecule has 0 radical (unpaired) electrons. The summed E-state index contributed by atoms with van der Waals surface area (Å²) in [6.07, 6.45) is 4.75. The van der Waals surface area contributed by atoms with Crippen molar-refractivity contribution in [3.63, 3.8) is 0 Å². The van der Waals surface area contributed by atoms with Gasteiger partial charge in [-0.15, -0.1) is 0 Å². The Kier molecular flexibility index (Phi) is 3.85. The zero-order valence-electron chi connectivity index (χ0n) is 10.8. The van der Waals surface area contributed by atoms with Gasteiger partial charge in [-0.3, -0.25) is 0 Å². The minimum Gasteiger partial charge on any atom is -0.389 e. The van der Waals surface area contributed by atoms with E-state index < -0.39 is 5.60 Å². The van der Waals surface area contributed by atoms with Crippen LogP contribution in [0.4, 0.5) is 0 Å². The van der Waals surface area contributed by atoms with Crippen molar-refractivity contribution < 1.29 is 9.84 Å². The number of aliphatic hydroxyl groups is 1. The van der Waals surface area contributed by atoms with Crippen LogP contribution in [0.5, 0.6) is 0 Å². The standard InChI is InChI=1S/C15H22O2/c1-12-5-7-13(8-6-12)10-15(16)9-3-4-14(11-15)17-2/h5-8,14,16H,3-4,9-11H2,1-2H3. The van der Waals surface area contributed by atoms with E-state index in [0.29, 0.717) is 0 Å². The molecule has 94 valence electrons. The molecule has 2 rings (SSSR count). The first kappa shape index (κ1) is 12.6. The number of hydrogen-bond donors (Lipinski definition) is 1. The Labute approximate surface area is 104 Å². The van der Waals surface area contributed by atoms with Crippen LogP contribution in [0.25, 0.3) is 0 Å². The van der Waals surface area contributed by atoms with Crippen LogP contribution in [0.3, 0.4) is 0 Å². The highest BCUT2D eigenvalue weighted by molar-refractivity contribution is 5.23. The Balaban J connectivity index is 2.03. The van der Waals surface area contributed by atoms with Gasteiger partial charge >= 0.3 is 0 Å². The molecule has 2 unspecified atom stereocenters. The van der Waals surface area contributed by atoms with E-state index in [1.54, 1.807) is 7.11 Å². The molecule has 1 fully saturated rings. The fourth-order valence-corrected chi connectivity index (χ4v) is 2.73. The molecule has 2 nitrogen and oxygen atoms in total. The number of rotatable bonds is 3. The second-order valence-corrected chi connectivity index (χ2v) is 5.34. The average Bonchev–Trinajstić information content (AvgIpc) is 2.32. The lowest BCUT2D eigenvalue weighted by Gasteiger charge is -2.36. The Morgan fingerprint density at radius 3 is 2.71 bits per heavy atom. The van der Waals surface area contributed by atoms with Gasteiger partial charge in [-0.1, -0.05) is 29.8 Å². The van der Waals surface area contributed by atoms with Crippen LogP contribution in [0, 0.1) is 6.92 Å². The highest BCUT2D eigenvalue weighted by atomic mass is 16.5. The van der Waals surface area contributed by atoms with Crippen molar-refractivity contribution in [3.05, 3.63) is 35.4 Å². The Morgan fingerprint density at radius 1 is 1.35 bits per heavy atom. The lowest BCUT2D eigenvalue weighted by molar-refractivity contribution is -0.0581. The van der Waals surface area contributed by atoms with Gasteiger partial charge in [0.2, 0.25) is 0 Å². The number of ether oxygens (including phenoxy) is 1. The maximum atomic E-state index is 10.6. The molecule has 1 aliphatic carbocycles. The van der Waals surface area contributed by atoms with Crippen molar-refractivity contribution in [2.45, 2.75) is 50.7 Å². The average molecular weight is 234 g/mol. The lowest BCUT2D eigenvalue weighted by atomic mass is 9.79. The highest BCUT2D eigenvalue weighted by Gasteiger charge is 2.34. The summed E-state index contributed by atoms with van der Waals surface area (Å²) in [5, 5.41) is 10.6. The normalized spacial score (nSPS) is 29.2. The third-order valence-electron chi connectivity index (χ3n) is 3.76. The number of methoxy groups -OCH3 is 1. The van der Waals surface area contributed by atoms with E-state index in [1.165, 1.54) is 11.1 Å². The predicted molar refractivity (Wildman–Crippen MR) is 69.1 cm³/mol. The van der Waals surface area contributed by atoms with Gasteiger partial charge < -0.3 is 9.84 Å². The largest absolute Gasteiger partial charge is 0.389 e. The van der Waals surface area contributed by atoms with E-state index >= 15 is 0 Å². The summed E-state index contributed by atoms with van der Waals surface area (Å²) >= 11 is 0. The number of benzene rings is 1. The molecule has 0 aliphatic heterocycles. The van der Waals surface area contributed by atoms with Crippen LogP contribution in [-0.4, -0.2) is 23.9 Å². The van der Waals surface area contributed by atoms with Gasteiger partial charge in [0.05, 0.1) is 11.7 Å². The van der Waals surface area contributed by atoms with E-state index in [9.17, 15) is 5.11 Å². The summed E-state index contributed by atoms with van der Waals surface area (Å²) in [4.78, 5) is 0. The zero-order valence-corrected chi connectivity index (χ0v) is 10.8. The molecule has 0 bridgehead atoms. The minimum atomic E-state index is -0.575. The fraction of sp³-hybridized carbons (Fsp3) is 0.600. The van der Waals surface area contributed by atoms with Crippen molar-refractivity contribution in [2.75, 3.05) is 7.11 Å². The topological polar surface area (TPSA) is 29.5 Å². The number of hydrogen-bond acceptors (Lipinski definition) is 2. The maximum absolute atomic E-state index is 10.6. The van der Waals surface area contributed by atoms with Gasteiger partial charge in [-0.05, 0) is 31.7 Å². The molecular weight excluding hydrogens is 212 g/mol. The number of aryl methyl sites for hydroxylation is 1. The van der Waals surface area contributed by atoms with E-state index in [0.717, 1.165) is 32.1 Å². The molecular formula is C15H22O2. The molecule has 0 heterocycles. The smallest absolute Gasteiger partial charge is 0.0712 e. The molecule has 1 N–H and O–H groups in total. The summed E-state index contributed by atoms with van der Waals surface area (Å²) in [5.74, 6) is 0. The van der Waals surface area contributed by atoms with Crippen molar-refractivity contribution in [2.24, 2.45) is 0 Å². The SMILES string of the molecule is COC1CCCC(O)(Cc2ccc(C)cc2)C1. The third kappa shape index (κ3) is 3.30. The van der Waals surface area contributed by atoms with Crippen molar-refractivity contribution in [3.8, 4) is 0 Å². The summed E-state index contributed by atoms with van der Waals surface area (Å²) in [6, 6.07) is 8.44. The van der Waals surface area contributed by atoms with Crippen LogP contribution in [0.2, 0.25) is 0 Å². The van der Waals surface area contributed by atoms with Gasteiger partial charge in [0.15, 0.2) is 0 Å². The first-order chi connectivity index (χ1) is 8.11. The van der Waals surface area contributed by atoms with Crippen molar-refractivity contribution >= 4 is 0 Å². The Bertz CT molecular complexity index is 358. The van der Waals surface area contributed by atoms with E-state index in [2.05, 4.69) is 31.2 Å². The molecule has 1 saturated carbocycles. The van der Waals surface area contributed by atoms with E-state index in [4.69, 9.17) is 4.74 Å². The third-order valence-corrected chi connectivity index (χ3v) is 3.76. The summed E-state index contributed by atoms with van der Waals surface area (Å²) < 4.78 is 5.38. The van der Waals surface area contributed by atoms with Crippen molar-refractivity contribution in [1.29, 1.82) is 0 Å². The summed E-state index contributed by atoms with van der Waals surface area (Å²) in [5.41, 5.74) is 1.91. The van der Waals surface area contributed by atoms with Crippen LogP contribution in [-0.2, 0) is 11.2 Å². The van der Waals surface area contributed by atoms with E-state index in [1.807, 2.05) is 0 Å². The quantitative estimate of drug-likeness (QED) is 0.871. The second-order valence-electron chi connectivity index (χ2n) is 5.34. The molecule has 0 amide bonds. The van der Waals surface area contributed by atoms with Gasteiger partial charge in [-0.25, -0.2) is 0 Å². The molecule has 0 spiro atoms. The summed E-state index contributed by atoms with van der Waals surface area (Å²) in [7, 11) is 1.74.